The van der Waals surface area contributed by atoms with Gasteiger partial charge in [0.1, 0.15) is 0 Å². The molecule has 28 heavy (non-hydrogen) atoms. The van der Waals surface area contributed by atoms with Crippen LogP contribution in [-0.4, -0.2) is 41.2 Å². The highest BCUT2D eigenvalue weighted by atomic mass is 16.5. The zero-order valence-electron chi connectivity index (χ0n) is 16.4. The Bertz CT molecular complexity index is 784. The molecule has 0 saturated carbocycles. The summed E-state index contributed by atoms with van der Waals surface area (Å²) in [7, 11) is 0. The smallest absolute Gasteiger partial charge is 0.383 e. The largest absolute Gasteiger partial charge is 0.504 e. The van der Waals surface area contributed by atoms with Crippen LogP contribution >= 0.6 is 0 Å². The molecule has 2 aromatic rings. The highest BCUT2D eigenvalue weighted by Gasteiger charge is 2.18. The number of unbranched alkanes of at least 4 members (excludes halogenated alkanes) is 5. The number of aliphatic hydroxyl groups is 2. The van der Waals surface area contributed by atoms with Crippen molar-refractivity contribution >= 4 is 11.0 Å². The maximum absolute atomic E-state index is 12.3. The fourth-order valence-corrected chi connectivity index (χ4v) is 2.86. The van der Waals surface area contributed by atoms with Gasteiger partial charge < -0.3 is 29.2 Å². The SMILES string of the molecule is CCCCCCCCOc1c(O)c2cccc(OCCC(O)CO)c2oc1=O. The van der Waals surface area contributed by atoms with Gasteiger partial charge in [-0.15, -0.1) is 0 Å². The lowest BCUT2D eigenvalue weighted by molar-refractivity contribution is 0.0754. The molecule has 0 spiro atoms. The standard InChI is InChI=1S/C21H30O7/c1-2-3-4-5-6-7-12-27-20-18(24)16-9-8-10-17(19(16)28-21(20)25)26-13-11-15(23)14-22/h8-10,15,22-24H,2-7,11-14H2,1H3. The summed E-state index contributed by atoms with van der Waals surface area (Å²) in [4.78, 5) is 12.3. The first kappa shape index (κ1) is 22.0. The van der Waals surface area contributed by atoms with Crippen molar-refractivity contribution < 1.29 is 29.2 Å². The van der Waals surface area contributed by atoms with E-state index in [9.17, 15) is 15.0 Å². The summed E-state index contributed by atoms with van der Waals surface area (Å²) in [5.41, 5.74) is -0.641. The van der Waals surface area contributed by atoms with E-state index in [1.807, 2.05) is 0 Å². The molecule has 2 rings (SSSR count). The van der Waals surface area contributed by atoms with Gasteiger partial charge in [0.15, 0.2) is 17.1 Å². The summed E-state index contributed by atoms with van der Waals surface area (Å²) >= 11 is 0. The van der Waals surface area contributed by atoms with E-state index in [1.165, 1.54) is 19.3 Å². The monoisotopic (exact) mass is 394 g/mol. The van der Waals surface area contributed by atoms with Gasteiger partial charge in [0, 0.05) is 6.42 Å². The van der Waals surface area contributed by atoms with Gasteiger partial charge in [-0.3, -0.25) is 0 Å². The first-order valence-corrected chi connectivity index (χ1v) is 9.91. The van der Waals surface area contributed by atoms with Gasteiger partial charge in [-0.05, 0) is 18.6 Å². The third-order valence-electron chi connectivity index (χ3n) is 4.49. The highest BCUT2D eigenvalue weighted by Crippen LogP contribution is 2.35. The minimum atomic E-state index is -0.877. The molecule has 0 bridgehead atoms. The fourth-order valence-electron chi connectivity index (χ4n) is 2.86. The Kier molecular flexibility index (Phi) is 9.10. The summed E-state index contributed by atoms with van der Waals surface area (Å²) in [6.45, 7) is 2.28. The molecule has 1 aromatic heterocycles. The average molecular weight is 394 g/mol. The summed E-state index contributed by atoms with van der Waals surface area (Å²) in [6, 6.07) is 4.88. The minimum Gasteiger partial charge on any atom is -0.504 e. The van der Waals surface area contributed by atoms with Gasteiger partial charge >= 0.3 is 5.63 Å². The number of fused-ring (bicyclic) bond motifs is 1. The van der Waals surface area contributed by atoms with Crippen molar-refractivity contribution in [2.45, 2.75) is 58.0 Å². The second-order valence-electron chi connectivity index (χ2n) is 6.79. The van der Waals surface area contributed by atoms with Crippen LogP contribution in [0.2, 0.25) is 0 Å². The van der Waals surface area contributed by atoms with Crippen molar-refractivity contribution in [1.29, 1.82) is 0 Å². The van der Waals surface area contributed by atoms with E-state index in [-0.39, 0.29) is 42.5 Å². The molecule has 7 nitrogen and oxygen atoms in total. The molecular formula is C21H30O7. The van der Waals surface area contributed by atoms with Crippen molar-refractivity contribution in [3.05, 3.63) is 28.6 Å². The van der Waals surface area contributed by atoms with Crippen molar-refractivity contribution in [3.8, 4) is 17.2 Å². The number of ether oxygens (including phenoxy) is 2. The number of rotatable bonds is 13. The Morgan fingerprint density at radius 3 is 2.57 bits per heavy atom. The molecule has 0 aliphatic carbocycles. The van der Waals surface area contributed by atoms with Crippen molar-refractivity contribution in [2.24, 2.45) is 0 Å². The molecule has 3 N–H and O–H groups in total. The summed E-state index contributed by atoms with van der Waals surface area (Å²) < 4.78 is 16.3. The van der Waals surface area contributed by atoms with Crippen LogP contribution < -0.4 is 15.1 Å². The zero-order valence-corrected chi connectivity index (χ0v) is 16.4. The van der Waals surface area contributed by atoms with Gasteiger partial charge in [-0.1, -0.05) is 45.1 Å². The van der Waals surface area contributed by atoms with E-state index in [1.54, 1.807) is 18.2 Å². The lowest BCUT2D eigenvalue weighted by atomic mass is 10.1. The summed E-state index contributed by atoms with van der Waals surface area (Å²) in [5.74, 6) is -0.176. The van der Waals surface area contributed by atoms with Crippen molar-refractivity contribution in [2.75, 3.05) is 19.8 Å². The summed E-state index contributed by atoms with van der Waals surface area (Å²) in [5, 5.41) is 29.0. The van der Waals surface area contributed by atoms with Gasteiger partial charge in [0.2, 0.25) is 5.75 Å². The Balaban J connectivity index is 2.04. The maximum atomic E-state index is 12.3. The van der Waals surface area contributed by atoms with E-state index in [0.29, 0.717) is 12.0 Å². The Hall–Kier alpha value is -2.25. The molecule has 1 atom stereocenters. The molecular weight excluding hydrogens is 364 g/mol. The molecule has 0 saturated heterocycles. The predicted molar refractivity (Wildman–Crippen MR) is 106 cm³/mol. The van der Waals surface area contributed by atoms with E-state index in [4.69, 9.17) is 19.0 Å². The molecule has 7 heteroatoms. The van der Waals surface area contributed by atoms with E-state index < -0.39 is 11.7 Å². The van der Waals surface area contributed by atoms with Gasteiger partial charge in [0.05, 0.1) is 31.3 Å². The van der Waals surface area contributed by atoms with E-state index in [2.05, 4.69) is 6.92 Å². The second kappa shape index (κ2) is 11.6. The minimum absolute atomic E-state index is 0.121. The van der Waals surface area contributed by atoms with Crippen molar-refractivity contribution in [1.82, 2.24) is 0 Å². The van der Waals surface area contributed by atoms with Crippen LogP contribution in [0.1, 0.15) is 51.9 Å². The number of para-hydroxylation sites is 1. The number of hydrogen-bond donors (Lipinski definition) is 3. The molecule has 1 aromatic carbocycles. The molecule has 0 aliphatic heterocycles. The van der Waals surface area contributed by atoms with Crippen LogP contribution in [0.25, 0.3) is 11.0 Å². The fraction of sp³-hybridized carbons (Fsp3) is 0.571. The summed E-state index contributed by atoms with van der Waals surface area (Å²) in [6.07, 6.45) is 5.89. The quantitative estimate of drug-likeness (QED) is 0.353. The molecule has 156 valence electrons. The predicted octanol–water partition coefficient (Wildman–Crippen LogP) is 3.36. The van der Waals surface area contributed by atoms with Gasteiger partial charge in [-0.25, -0.2) is 4.79 Å². The average Bonchev–Trinajstić information content (AvgIpc) is 2.69. The molecule has 0 radical (unpaired) electrons. The van der Waals surface area contributed by atoms with Crippen LogP contribution in [0.4, 0.5) is 0 Å². The highest BCUT2D eigenvalue weighted by molar-refractivity contribution is 5.89. The Morgan fingerprint density at radius 2 is 1.82 bits per heavy atom. The van der Waals surface area contributed by atoms with Crippen LogP contribution in [-0.2, 0) is 0 Å². The topological polar surface area (TPSA) is 109 Å². The maximum Gasteiger partial charge on any atom is 0.383 e. The van der Waals surface area contributed by atoms with E-state index in [0.717, 1.165) is 19.3 Å². The zero-order chi connectivity index (χ0) is 20.4. The number of benzene rings is 1. The Morgan fingerprint density at radius 1 is 1.07 bits per heavy atom. The van der Waals surface area contributed by atoms with Crippen LogP contribution in [0, 0.1) is 0 Å². The van der Waals surface area contributed by atoms with Crippen molar-refractivity contribution in [3.63, 3.8) is 0 Å². The van der Waals surface area contributed by atoms with Crippen LogP contribution in [0.3, 0.4) is 0 Å². The lowest BCUT2D eigenvalue weighted by Crippen LogP contribution is -2.16. The van der Waals surface area contributed by atoms with Crippen LogP contribution in [0.5, 0.6) is 17.2 Å². The Labute approximate surface area is 164 Å². The lowest BCUT2D eigenvalue weighted by Gasteiger charge is -2.12. The van der Waals surface area contributed by atoms with Gasteiger partial charge in [0.25, 0.3) is 0 Å². The third kappa shape index (κ3) is 6.14. The third-order valence-corrected chi connectivity index (χ3v) is 4.49. The molecule has 0 aliphatic rings. The molecule has 0 amide bonds. The first-order chi connectivity index (χ1) is 13.6. The normalized spacial score (nSPS) is 12.2. The second-order valence-corrected chi connectivity index (χ2v) is 6.79. The van der Waals surface area contributed by atoms with Gasteiger partial charge in [-0.2, -0.15) is 0 Å². The molecule has 0 fully saturated rings. The molecule has 1 unspecified atom stereocenters. The number of hydrogen-bond acceptors (Lipinski definition) is 7. The molecule has 1 heterocycles. The van der Waals surface area contributed by atoms with Crippen LogP contribution in [0.15, 0.2) is 27.4 Å². The van der Waals surface area contributed by atoms with E-state index >= 15 is 0 Å². The number of aromatic hydroxyl groups is 1. The first-order valence-electron chi connectivity index (χ1n) is 9.91. The number of aliphatic hydroxyl groups excluding tert-OH is 2.